The zero-order chi connectivity index (χ0) is 21.5. The van der Waals surface area contributed by atoms with Crippen molar-refractivity contribution in [3.05, 3.63) is 91.0 Å². The monoisotopic (exact) mass is 554 g/mol. The number of nitrogens with one attached hydrogen (secondary N) is 1. The summed E-state index contributed by atoms with van der Waals surface area (Å²) in [5, 5.41) is 5.18. The highest BCUT2D eigenvalue weighted by molar-refractivity contribution is 14.1. The second-order valence-corrected chi connectivity index (χ2v) is 8.19. The van der Waals surface area contributed by atoms with E-state index in [1.807, 2.05) is 30.3 Å². The Hall–Kier alpha value is -2.29. The largest absolute Gasteiger partial charge is 0.493 e. The fraction of sp³-hybridized carbons (Fsp3) is 0.0909. The van der Waals surface area contributed by atoms with E-state index >= 15 is 0 Å². The van der Waals surface area contributed by atoms with Gasteiger partial charge in [-0.15, -0.1) is 0 Å². The number of carbonyl (C=O) groups excluding carboxylic acids is 1. The summed E-state index contributed by atoms with van der Waals surface area (Å²) in [4.78, 5) is 12.1. The van der Waals surface area contributed by atoms with Crippen molar-refractivity contribution >= 4 is 57.9 Å². The Morgan fingerprint density at radius 1 is 1.10 bits per heavy atom. The molecule has 3 aromatic rings. The summed E-state index contributed by atoms with van der Waals surface area (Å²) in [5.41, 5.74) is 4.66. The number of ether oxygens (including phenoxy) is 2. The number of methoxy groups -OCH3 is 1. The van der Waals surface area contributed by atoms with E-state index < -0.39 is 0 Å². The fourth-order valence-corrected chi connectivity index (χ4v) is 3.65. The maximum absolute atomic E-state index is 12.1. The van der Waals surface area contributed by atoms with Crippen molar-refractivity contribution in [2.45, 2.75) is 6.61 Å². The van der Waals surface area contributed by atoms with Gasteiger partial charge in [-0.3, -0.25) is 4.79 Å². The van der Waals surface area contributed by atoms with Gasteiger partial charge in [0.2, 0.25) is 0 Å². The topological polar surface area (TPSA) is 59.9 Å². The van der Waals surface area contributed by atoms with Crippen molar-refractivity contribution in [2.75, 3.05) is 7.11 Å². The molecule has 0 heterocycles. The smallest absolute Gasteiger partial charge is 0.271 e. The first kappa shape index (κ1) is 22.4. The molecule has 30 heavy (non-hydrogen) atoms. The van der Waals surface area contributed by atoms with Gasteiger partial charge < -0.3 is 9.47 Å². The Balaban J connectivity index is 1.69. The molecule has 0 radical (unpaired) electrons. The van der Waals surface area contributed by atoms with Gasteiger partial charge in [-0.25, -0.2) is 5.43 Å². The minimum Gasteiger partial charge on any atom is -0.493 e. The van der Waals surface area contributed by atoms with E-state index in [9.17, 15) is 4.79 Å². The lowest BCUT2D eigenvalue weighted by Gasteiger charge is -2.13. The first-order valence-corrected chi connectivity index (χ1v) is 10.6. The molecule has 5 nitrogen and oxygen atoms in total. The number of benzene rings is 3. The van der Waals surface area contributed by atoms with Crippen molar-refractivity contribution in [2.24, 2.45) is 5.10 Å². The molecular weight excluding hydrogens is 538 g/mol. The number of hydrazone groups is 1. The van der Waals surface area contributed by atoms with Gasteiger partial charge in [0.1, 0.15) is 6.61 Å². The van der Waals surface area contributed by atoms with Crippen molar-refractivity contribution < 1.29 is 14.3 Å². The molecule has 0 bridgehead atoms. The molecule has 0 aliphatic rings. The number of hydrogen-bond donors (Lipinski definition) is 1. The normalized spacial score (nSPS) is 10.8. The summed E-state index contributed by atoms with van der Waals surface area (Å²) in [6.45, 7) is 0.382. The van der Waals surface area contributed by atoms with Crippen LogP contribution in [0.2, 0.25) is 10.0 Å². The highest BCUT2D eigenvalue weighted by Crippen LogP contribution is 2.34. The van der Waals surface area contributed by atoms with Crippen LogP contribution in [0.3, 0.4) is 0 Å². The van der Waals surface area contributed by atoms with Crippen LogP contribution in [0.5, 0.6) is 11.5 Å². The Morgan fingerprint density at radius 3 is 2.57 bits per heavy atom. The molecule has 154 valence electrons. The number of rotatable bonds is 7. The quantitative estimate of drug-likeness (QED) is 0.223. The summed E-state index contributed by atoms with van der Waals surface area (Å²) < 4.78 is 12.3. The highest BCUT2D eigenvalue weighted by atomic mass is 127. The van der Waals surface area contributed by atoms with Gasteiger partial charge in [-0.05, 0) is 76.2 Å². The van der Waals surface area contributed by atoms with E-state index in [2.05, 4.69) is 33.1 Å². The number of nitrogens with zero attached hydrogens (tertiary/aromatic N) is 1. The third-order valence-electron chi connectivity index (χ3n) is 4.01. The van der Waals surface area contributed by atoms with Crippen LogP contribution in [-0.2, 0) is 6.61 Å². The second-order valence-electron chi connectivity index (χ2n) is 6.16. The molecule has 1 N–H and O–H groups in total. The van der Waals surface area contributed by atoms with Crippen LogP contribution in [0.25, 0.3) is 0 Å². The molecule has 3 rings (SSSR count). The zero-order valence-corrected chi connectivity index (χ0v) is 19.5. The van der Waals surface area contributed by atoms with Crippen LogP contribution in [0, 0.1) is 3.57 Å². The molecule has 0 unspecified atom stereocenters. The number of halogens is 3. The van der Waals surface area contributed by atoms with Crippen molar-refractivity contribution in [1.29, 1.82) is 0 Å². The molecule has 0 atom stereocenters. The van der Waals surface area contributed by atoms with Gasteiger partial charge in [0.15, 0.2) is 11.5 Å². The average Bonchev–Trinajstić information content (AvgIpc) is 2.73. The number of hydrogen-bond acceptors (Lipinski definition) is 4. The van der Waals surface area contributed by atoms with Crippen LogP contribution in [0.4, 0.5) is 0 Å². The Morgan fingerprint density at radius 2 is 1.87 bits per heavy atom. The molecular formula is C22H17Cl2IN2O3. The SMILES string of the molecule is COc1cc(/C=N\NC(=O)c2cccc(Cl)c2)cc(I)c1OCc1ccc(Cl)cc1. The average molecular weight is 555 g/mol. The Bertz CT molecular complexity index is 1070. The summed E-state index contributed by atoms with van der Waals surface area (Å²) in [6, 6.07) is 17.8. The van der Waals surface area contributed by atoms with E-state index in [0.717, 1.165) is 14.7 Å². The zero-order valence-electron chi connectivity index (χ0n) is 15.9. The first-order valence-electron chi connectivity index (χ1n) is 8.80. The van der Waals surface area contributed by atoms with E-state index in [0.29, 0.717) is 33.7 Å². The van der Waals surface area contributed by atoms with Gasteiger partial charge in [0.25, 0.3) is 5.91 Å². The van der Waals surface area contributed by atoms with Crippen LogP contribution < -0.4 is 14.9 Å². The lowest BCUT2D eigenvalue weighted by molar-refractivity contribution is 0.0955. The first-order chi connectivity index (χ1) is 14.5. The molecule has 8 heteroatoms. The number of amides is 1. The molecule has 3 aromatic carbocycles. The minimum absolute atomic E-state index is 0.349. The van der Waals surface area contributed by atoms with Crippen molar-refractivity contribution in [1.82, 2.24) is 5.43 Å². The van der Waals surface area contributed by atoms with E-state index in [1.54, 1.807) is 37.4 Å². The van der Waals surface area contributed by atoms with E-state index in [-0.39, 0.29) is 5.91 Å². The molecule has 0 saturated heterocycles. The molecule has 0 saturated carbocycles. The lowest BCUT2D eigenvalue weighted by atomic mass is 10.2. The van der Waals surface area contributed by atoms with Crippen LogP contribution in [0.1, 0.15) is 21.5 Å². The maximum Gasteiger partial charge on any atom is 0.271 e. The fourth-order valence-electron chi connectivity index (χ4n) is 2.55. The minimum atomic E-state index is -0.349. The van der Waals surface area contributed by atoms with Gasteiger partial charge in [0, 0.05) is 15.6 Å². The van der Waals surface area contributed by atoms with Gasteiger partial charge in [0.05, 0.1) is 16.9 Å². The predicted molar refractivity (Wildman–Crippen MR) is 128 cm³/mol. The van der Waals surface area contributed by atoms with Crippen molar-refractivity contribution in [3.63, 3.8) is 0 Å². The summed E-state index contributed by atoms with van der Waals surface area (Å²) in [7, 11) is 1.57. The highest BCUT2D eigenvalue weighted by Gasteiger charge is 2.12. The molecule has 0 aromatic heterocycles. The Kier molecular flexibility index (Phi) is 7.95. The molecule has 0 aliphatic carbocycles. The molecule has 0 aliphatic heterocycles. The summed E-state index contributed by atoms with van der Waals surface area (Å²) in [5.74, 6) is 0.852. The number of carbonyl (C=O) groups is 1. The third-order valence-corrected chi connectivity index (χ3v) is 5.30. The van der Waals surface area contributed by atoms with E-state index in [1.165, 1.54) is 6.21 Å². The van der Waals surface area contributed by atoms with Gasteiger partial charge in [-0.1, -0.05) is 41.4 Å². The van der Waals surface area contributed by atoms with Gasteiger partial charge >= 0.3 is 0 Å². The maximum atomic E-state index is 12.1. The van der Waals surface area contributed by atoms with Crippen molar-refractivity contribution in [3.8, 4) is 11.5 Å². The Labute approximate surface area is 198 Å². The van der Waals surface area contributed by atoms with Gasteiger partial charge in [-0.2, -0.15) is 5.10 Å². The van der Waals surface area contributed by atoms with E-state index in [4.69, 9.17) is 32.7 Å². The standard InChI is InChI=1S/C22H17Cl2IN2O3/c1-29-20-10-15(12-26-27-22(28)16-3-2-4-18(24)11-16)9-19(25)21(20)30-13-14-5-7-17(23)8-6-14/h2-12H,13H2,1H3,(H,27,28)/b26-12-. The summed E-state index contributed by atoms with van der Waals surface area (Å²) in [6.07, 6.45) is 1.54. The van der Waals surface area contributed by atoms with Crippen LogP contribution in [-0.4, -0.2) is 19.2 Å². The molecule has 0 fully saturated rings. The predicted octanol–water partition coefficient (Wildman–Crippen LogP) is 5.95. The molecule has 1 amide bonds. The third kappa shape index (κ3) is 6.10. The molecule has 0 spiro atoms. The van der Waals surface area contributed by atoms with Crippen LogP contribution >= 0.6 is 45.8 Å². The van der Waals surface area contributed by atoms with Crippen LogP contribution in [0.15, 0.2) is 65.8 Å². The second kappa shape index (κ2) is 10.7. The summed E-state index contributed by atoms with van der Waals surface area (Å²) >= 11 is 14.0. The lowest BCUT2D eigenvalue weighted by Crippen LogP contribution is -2.17.